The number of carboxylic acid groups (broad SMARTS) is 1. The minimum Gasteiger partial charge on any atom is -0.487 e. The Morgan fingerprint density at radius 1 is 1.05 bits per heavy atom. The molecule has 4 aromatic carbocycles. The molecule has 0 aliphatic heterocycles. The molecule has 0 saturated carbocycles. The fourth-order valence-corrected chi connectivity index (χ4v) is 5.74. The molecule has 8 nitrogen and oxygen atoms in total. The maximum atomic E-state index is 13.7. The molecule has 0 saturated heterocycles. The minimum absolute atomic E-state index is 0.0828. The van der Waals surface area contributed by atoms with E-state index in [4.69, 9.17) is 25.7 Å². The Morgan fingerprint density at radius 2 is 1.88 bits per heavy atom. The van der Waals surface area contributed by atoms with E-state index < -0.39 is 5.97 Å². The van der Waals surface area contributed by atoms with Gasteiger partial charge in [0.15, 0.2) is 5.76 Å². The first-order chi connectivity index (χ1) is 20.3. The van der Waals surface area contributed by atoms with E-state index in [-0.39, 0.29) is 23.6 Å². The second-order valence-corrected chi connectivity index (χ2v) is 11.4. The molecule has 0 amide bonds. The molecule has 0 unspecified atom stereocenters. The molecule has 2 aromatic heterocycles. The molecule has 6 rings (SSSR count). The summed E-state index contributed by atoms with van der Waals surface area (Å²) in [5.41, 5.74) is 2.04. The van der Waals surface area contributed by atoms with E-state index in [1.54, 1.807) is 60.7 Å². The van der Waals surface area contributed by atoms with Gasteiger partial charge in [-0.05, 0) is 82.2 Å². The van der Waals surface area contributed by atoms with Gasteiger partial charge in [-0.3, -0.25) is 4.79 Å². The summed E-state index contributed by atoms with van der Waals surface area (Å²) in [6.45, 7) is 0.0828. The first-order valence-electron chi connectivity index (χ1n) is 12.5. The van der Waals surface area contributed by atoms with E-state index >= 15 is 0 Å². The minimum atomic E-state index is -1.03. The predicted octanol–water partition coefficient (Wildman–Crippen LogP) is 8.15. The Balaban J connectivity index is 1.44. The number of furan rings is 1. The fourth-order valence-electron chi connectivity index (χ4n) is 4.41. The first kappa shape index (κ1) is 27.9. The summed E-state index contributed by atoms with van der Waals surface area (Å²) in [6.07, 6.45) is 1.46. The number of rotatable bonds is 7. The smallest absolute Gasteiger partial charge is 0.335 e. The molecular weight excluding hydrogens is 690 g/mol. The van der Waals surface area contributed by atoms with Crippen molar-refractivity contribution in [3.8, 4) is 17.3 Å². The standard InChI is InChI=1S/C31H18Br2ClN3O5/c32-21-8-9-26-19(11-21)13-27(42-26)29-36-25-7-2-1-6-23(25)30(38)37(29)35-15-20-12-22(34)14-24(33)28(20)41-16-17-4-3-5-18(10-17)31(39)40/h1-15H,16H2,(H,39,40). The van der Waals surface area contributed by atoms with Gasteiger partial charge in [-0.2, -0.15) is 9.78 Å². The van der Waals surface area contributed by atoms with Gasteiger partial charge in [-0.15, -0.1) is 0 Å². The number of nitrogens with zero attached hydrogens (tertiary/aromatic N) is 3. The van der Waals surface area contributed by atoms with Crippen molar-refractivity contribution >= 4 is 77.5 Å². The second-order valence-electron chi connectivity index (χ2n) is 9.21. The zero-order valence-corrected chi connectivity index (χ0v) is 25.4. The maximum absolute atomic E-state index is 13.7. The summed E-state index contributed by atoms with van der Waals surface area (Å²) < 4.78 is 14.8. The Labute approximate surface area is 260 Å². The average molecular weight is 708 g/mol. The van der Waals surface area contributed by atoms with E-state index in [2.05, 4.69) is 37.0 Å². The number of ether oxygens (including phenoxy) is 1. The van der Waals surface area contributed by atoms with E-state index in [9.17, 15) is 14.7 Å². The van der Waals surface area contributed by atoms with Crippen LogP contribution in [0.25, 0.3) is 33.5 Å². The normalized spacial score (nSPS) is 11.5. The number of para-hydroxylation sites is 1. The quantitative estimate of drug-likeness (QED) is 0.168. The maximum Gasteiger partial charge on any atom is 0.335 e. The van der Waals surface area contributed by atoms with Crippen LogP contribution in [0.1, 0.15) is 21.5 Å². The highest BCUT2D eigenvalue weighted by atomic mass is 79.9. The summed E-state index contributed by atoms with van der Waals surface area (Å²) in [7, 11) is 0. The number of benzene rings is 4. The summed E-state index contributed by atoms with van der Waals surface area (Å²) in [6, 6.07) is 24.2. The van der Waals surface area contributed by atoms with E-state index in [1.807, 2.05) is 18.2 Å². The third-order valence-electron chi connectivity index (χ3n) is 6.36. The summed E-state index contributed by atoms with van der Waals surface area (Å²) in [5, 5.41) is 15.5. The topological polar surface area (TPSA) is 107 Å². The van der Waals surface area contributed by atoms with Crippen molar-refractivity contribution in [1.29, 1.82) is 0 Å². The van der Waals surface area contributed by atoms with Crippen molar-refractivity contribution in [3.05, 3.63) is 126 Å². The fraction of sp³-hybridized carbons (Fsp3) is 0.0323. The van der Waals surface area contributed by atoms with Gasteiger partial charge in [0.1, 0.15) is 17.9 Å². The van der Waals surface area contributed by atoms with Gasteiger partial charge in [-0.1, -0.05) is 51.8 Å². The highest BCUT2D eigenvalue weighted by Crippen LogP contribution is 2.33. The van der Waals surface area contributed by atoms with E-state index in [0.29, 0.717) is 48.6 Å². The third-order valence-corrected chi connectivity index (χ3v) is 7.66. The lowest BCUT2D eigenvalue weighted by Crippen LogP contribution is -2.20. The van der Waals surface area contributed by atoms with E-state index in [0.717, 1.165) is 9.86 Å². The van der Waals surface area contributed by atoms with Crippen LogP contribution in [0.4, 0.5) is 0 Å². The van der Waals surface area contributed by atoms with Crippen molar-refractivity contribution in [2.45, 2.75) is 6.61 Å². The van der Waals surface area contributed by atoms with Gasteiger partial charge < -0.3 is 14.3 Å². The van der Waals surface area contributed by atoms with Crippen LogP contribution in [0.5, 0.6) is 5.75 Å². The van der Waals surface area contributed by atoms with Crippen LogP contribution in [-0.2, 0) is 6.61 Å². The lowest BCUT2D eigenvalue weighted by atomic mass is 10.1. The molecule has 0 radical (unpaired) electrons. The van der Waals surface area contributed by atoms with Gasteiger partial charge in [0.2, 0.25) is 5.82 Å². The molecule has 42 heavy (non-hydrogen) atoms. The van der Waals surface area contributed by atoms with Crippen LogP contribution in [0, 0.1) is 0 Å². The number of carboxylic acids is 1. The Hall–Kier alpha value is -4.25. The van der Waals surface area contributed by atoms with Crippen LogP contribution in [-0.4, -0.2) is 27.0 Å². The van der Waals surface area contributed by atoms with Gasteiger partial charge >= 0.3 is 5.97 Å². The Kier molecular flexibility index (Phi) is 7.68. The van der Waals surface area contributed by atoms with Crippen LogP contribution < -0.4 is 10.3 Å². The van der Waals surface area contributed by atoms with Crippen LogP contribution in [0.15, 0.2) is 108 Å². The SMILES string of the molecule is O=C(O)c1cccc(COc2c(Br)cc(Cl)cc2C=Nn2c(-c3cc4cc(Br)ccc4o3)nc3ccccc3c2=O)c1. The van der Waals surface area contributed by atoms with Crippen LogP contribution in [0.3, 0.4) is 0 Å². The molecule has 1 N–H and O–H groups in total. The van der Waals surface area contributed by atoms with Crippen molar-refractivity contribution in [2.75, 3.05) is 0 Å². The number of aromatic nitrogens is 2. The largest absolute Gasteiger partial charge is 0.487 e. The highest BCUT2D eigenvalue weighted by molar-refractivity contribution is 9.10. The first-order valence-corrected chi connectivity index (χ1v) is 14.4. The van der Waals surface area contributed by atoms with E-state index in [1.165, 1.54) is 17.0 Å². The molecule has 0 spiro atoms. The van der Waals surface area contributed by atoms with Crippen molar-refractivity contribution in [2.24, 2.45) is 5.10 Å². The number of carbonyl (C=O) groups is 1. The van der Waals surface area contributed by atoms with Gasteiger partial charge in [0.05, 0.1) is 27.2 Å². The number of aromatic carboxylic acids is 1. The molecule has 0 atom stereocenters. The number of fused-ring (bicyclic) bond motifs is 2. The Morgan fingerprint density at radius 3 is 2.71 bits per heavy atom. The number of hydrogen-bond donors (Lipinski definition) is 1. The third kappa shape index (κ3) is 5.61. The summed E-state index contributed by atoms with van der Waals surface area (Å²) >= 11 is 13.3. The van der Waals surface area contributed by atoms with Crippen molar-refractivity contribution in [1.82, 2.24) is 9.66 Å². The molecular formula is C31H18Br2ClN3O5. The average Bonchev–Trinajstić information content (AvgIpc) is 3.39. The Bertz CT molecular complexity index is 2110. The lowest BCUT2D eigenvalue weighted by Gasteiger charge is -2.13. The van der Waals surface area contributed by atoms with Gasteiger partial charge in [0.25, 0.3) is 5.56 Å². The van der Waals surface area contributed by atoms with Gasteiger partial charge in [-0.25, -0.2) is 9.78 Å². The zero-order valence-electron chi connectivity index (χ0n) is 21.4. The second kappa shape index (κ2) is 11.6. The number of halogens is 3. The monoisotopic (exact) mass is 705 g/mol. The molecule has 11 heteroatoms. The summed E-state index contributed by atoms with van der Waals surface area (Å²) in [5.74, 6) is -0.0398. The van der Waals surface area contributed by atoms with Gasteiger partial charge in [0, 0.05) is 20.4 Å². The van der Waals surface area contributed by atoms with Crippen LogP contribution >= 0.6 is 43.5 Å². The predicted molar refractivity (Wildman–Crippen MR) is 169 cm³/mol. The van der Waals surface area contributed by atoms with Crippen molar-refractivity contribution in [3.63, 3.8) is 0 Å². The lowest BCUT2D eigenvalue weighted by molar-refractivity contribution is 0.0696. The molecule has 0 aliphatic carbocycles. The molecule has 0 aliphatic rings. The van der Waals surface area contributed by atoms with Crippen LogP contribution in [0.2, 0.25) is 5.02 Å². The zero-order chi connectivity index (χ0) is 29.4. The molecule has 208 valence electrons. The number of hydrogen-bond acceptors (Lipinski definition) is 6. The summed E-state index contributed by atoms with van der Waals surface area (Å²) in [4.78, 5) is 29.8. The highest BCUT2D eigenvalue weighted by Gasteiger charge is 2.17. The molecule has 0 fully saturated rings. The van der Waals surface area contributed by atoms with Crippen molar-refractivity contribution < 1.29 is 19.1 Å². The molecule has 6 aromatic rings. The molecule has 0 bridgehead atoms. The molecule has 2 heterocycles.